The molecule has 1 aliphatic rings. The third kappa shape index (κ3) is 3.51. The molecule has 0 saturated heterocycles. The first kappa shape index (κ1) is 12.0. The Morgan fingerprint density at radius 3 is 2.47 bits per heavy atom. The molecule has 15 heavy (non-hydrogen) atoms. The van der Waals surface area contributed by atoms with Crippen molar-refractivity contribution in [2.24, 2.45) is 5.73 Å². The van der Waals surface area contributed by atoms with E-state index >= 15 is 0 Å². The Kier molecular flexibility index (Phi) is 4.08. The number of hydrogen-bond donors (Lipinski definition) is 2. The van der Waals surface area contributed by atoms with Crippen LogP contribution in [0.15, 0.2) is 0 Å². The summed E-state index contributed by atoms with van der Waals surface area (Å²) < 4.78 is 0. The second-order valence-corrected chi connectivity index (χ2v) is 4.11. The van der Waals surface area contributed by atoms with Gasteiger partial charge in [-0.05, 0) is 26.7 Å². The zero-order chi connectivity index (χ0) is 11.4. The van der Waals surface area contributed by atoms with Crippen LogP contribution in [0.3, 0.4) is 0 Å². The smallest absolute Gasteiger partial charge is 0.242 e. The second-order valence-electron chi connectivity index (χ2n) is 4.11. The van der Waals surface area contributed by atoms with Crippen molar-refractivity contribution in [1.29, 1.82) is 0 Å². The highest BCUT2D eigenvalue weighted by Gasteiger charge is 2.33. The van der Waals surface area contributed by atoms with Crippen LogP contribution in [0.25, 0.3) is 0 Å². The van der Waals surface area contributed by atoms with Crippen LogP contribution in [0.1, 0.15) is 26.7 Å². The fourth-order valence-corrected chi connectivity index (χ4v) is 1.60. The van der Waals surface area contributed by atoms with E-state index in [0.717, 1.165) is 12.8 Å². The van der Waals surface area contributed by atoms with E-state index in [4.69, 9.17) is 5.73 Å². The maximum atomic E-state index is 11.8. The Labute approximate surface area is 90.0 Å². The van der Waals surface area contributed by atoms with Gasteiger partial charge in [-0.15, -0.1) is 0 Å². The molecule has 0 atom stereocenters. The summed E-state index contributed by atoms with van der Waals surface area (Å²) >= 11 is 0. The molecule has 0 aromatic carbocycles. The molecule has 1 fully saturated rings. The summed E-state index contributed by atoms with van der Waals surface area (Å²) in [6.45, 7) is 3.96. The number of rotatable bonds is 5. The van der Waals surface area contributed by atoms with Gasteiger partial charge in [0.25, 0.3) is 0 Å². The average Bonchev–Trinajstić information content (AvgIpc) is 2.98. The molecule has 5 nitrogen and oxygen atoms in total. The van der Waals surface area contributed by atoms with E-state index in [9.17, 15) is 9.59 Å². The lowest BCUT2D eigenvalue weighted by atomic mass is 10.3. The first-order chi connectivity index (χ1) is 7.06. The topological polar surface area (TPSA) is 75.4 Å². The highest BCUT2D eigenvalue weighted by atomic mass is 16.2. The summed E-state index contributed by atoms with van der Waals surface area (Å²) in [5.41, 5.74) is 5.13. The van der Waals surface area contributed by atoms with Crippen LogP contribution in [0, 0.1) is 0 Å². The van der Waals surface area contributed by atoms with Gasteiger partial charge in [0.1, 0.15) is 0 Å². The molecule has 5 heteroatoms. The summed E-state index contributed by atoms with van der Waals surface area (Å²) in [5, 5.41) is 2.49. The van der Waals surface area contributed by atoms with E-state index in [0.29, 0.717) is 6.04 Å². The molecule has 0 radical (unpaired) electrons. The Balaban J connectivity index is 2.39. The minimum atomic E-state index is -0.289. The van der Waals surface area contributed by atoms with Gasteiger partial charge in [-0.1, -0.05) is 0 Å². The fourth-order valence-electron chi connectivity index (χ4n) is 1.60. The summed E-state index contributed by atoms with van der Waals surface area (Å²) in [7, 11) is 0. The molecule has 1 rings (SSSR count). The Hall–Kier alpha value is -1.10. The second kappa shape index (κ2) is 5.11. The van der Waals surface area contributed by atoms with Gasteiger partial charge in [-0.3, -0.25) is 9.59 Å². The third-order valence-electron chi connectivity index (χ3n) is 2.41. The molecular formula is C10H19N3O2. The minimum absolute atomic E-state index is 0.0192. The predicted molar refractivity (Wildman–Crippen MR) is 57.1 cm³/mol. The van der Waals surface area contributed by atoms with Crippen LogP contribution < -0.4 is 11.1 Å². The van der Waals surface area contributed by atoms with Gasteiger partial charge in [0.15, 0.2) is 0 Å². The molecule has 1 aliphatic carbocycles. The highest BCUT2D eigenvalue weighted by molar-refractivity contribution is 5.85. The Bertz CT molecular complexity index is 247. The third-order valence-corrected chi connectivity index (χ3v) is 2.41. The van der Waals surface area contributed by atoms with Crippen molar-refractivity contribution >= 4 is 11.8 Å². The number of hydrogen-bond acceptors (Lipinski definition) is 3. The number of nitrogens with two attached hydrogens (primary N) is 1. The lowest BCUT2D eigenvalue weighted by Crippen LogP contribution is -2.45. The van der Waals surface area contributed by atoms with Gasteiger partial charge >= 0.3 is 0 Å². The summed E-state index contributed by atoms with van der Waals surface area (Å²) in [4.78, 5) is 24.5. The number of amides is 2. The van der Waals surface area contributed by atoms with Crippen molar-refractivity contribution in [1.82, 2.24) is 10.2 Å². The van der Waals surface area contributed by atoms with Crippen LogP contribution in [0.2, 0.25) is 0 Å². The van der Waals surface area contributed by atoms with Crippen LogP contribution in [-0.2, 0) is 9.59 Å². The summed E-state index contributed by atoms with van der Waals surface area (Å²) in [5.74, 6) is -0.308. The van der Waals surface area contributed by atoms with Crippen molar-refractivity contribution in [3.05, 3.63) is 0 Å². The normalized spacial score (nSPS) is 15.2. The molecule has 0 aromatic heterocycles. The monoisotopic (exact) mass is 213 g/mol. The van der Waals surface area contributed by atoms with Crippen molar-refractivity contribution < 1.29 is 9.59 Å². The molecule has 0 spiro atoms. The van der Waals surface area contributed by atoms with E-state index in [2.05, 4.69) is 5.32 Å². The van der Waals surface area contributed by atoms with Gasteiger partial charge in [-0.25, -0.2) is 0 Å². The molecule has 1 saturated carbocycles. The molecule has 0 heterocycles. The van der Waals surface area contributed by atoms with E-state index in [1.165, 1.54) is 0 Å². The minimum Gasteiger partial charge on any atom is -0.346 e. The molecular weight excluding hydrogens is 194 g/mol. The zero-order valence-corrected chi connectivity index (χ0v) is 9.32. The summed E-state index contributed by atoms with van der Waals surface area (Å²) in [6.07, 6.45) is 2.16. The molecule has 2 amide bonds. The first-order valence-corrected chi connectivity index (χ1v) is 5.34. The van der Waals surface area contributed by atoms with Gasteiger partial charge in [0, 0.05) is 12.1 Å². The molecule has 0 unspecified atom stereocenters. The van der Waals surface area contributed by atoms with E-state index in [1.807, 2.05) is 18.7 Å². The number of nitrogens with one attached hydrogen (secondary N) is 1. The van der Waals surface area contributed by atoms with Crippen LogP contribution >= 0.6 is 0 Å². The van der Waals surface area contributed by atoms with Crippen LogP contribution in [0.4, 0.5) is 0 Å². The standard InChI is InChI=1S/C10H19N3O2/c1-7(2)13(8-3-4-8)10(15)6-12-9(14)5-11/h7-8H,3-6,11H2,1-2H3,(H,12,14). The maximum absolute atomic E-state index is 11.8. The number of carbonyl (C=O) groups excluding carboxylic acids is 2. The largest absolute Gasteiger partial charge is 0.346 e. The van der Waals surface area contributed by atoms with E-state index < -0.39 is 0 Å². The summed E-state index contributed by atoms with van der Waals surface area (Å²) in [6, 6.07) is 0.576. The van der Waals surface area contributed by atoms with Gasteiger partial charge in [0.2, 0.25) is 11.8 Å². The van der Waals surface area contributed by atoms with E-state index in [1.54, 1.807) is 0 Å². The highest BCUT2D eigenvalue weighted by Crippen LogP contribution is 2.28. The average molecular weight is 213 g/mol. The maximum Gasteiger partial charge on any atom is 0.242 e. The number of carbonyl (C=O) groups is 2. The van der Waals surface area contributed by atoms with Crippen LogP contribution in [-0.4, -0.2) is 41.9 Å². The van der Waals surface area contributed by atoms with Gasteiger partial charge in [0.05, 0.1) is 13.1 Å². The molecule has 0 bridgehead atoms. The van der Waals surface area contributed by atoms with Crippen molar-refractivity contribution in [3.8, 4) is 0 Å². The lowest BCUT2D eigenvalue weighted by molar-refractivity contribution is -0.134. The van der Waals surface area contributed by atoms with Gasteiger partial charge in [-0.2, -0.15) is 0 Å². The van der Waals surface area contributed by atoms with Crippen molar-refractivity contribution in [3.63, 3.8) is 0 Å². The molecule has 86 valence electrons. The zero-order valence-electron chi connectivity index (χ0n) is 9.32. The Morgan fingerprint density at radius 2 is 2.07 bits per heavy atom. The first-order valence-electron chi connectivity index (χ1n) is 5.34. The quantitative estimate of drug-likeness (QED) is 0.644. The van der Waals surface area contributed by atoms with Crippen molar-refractivity contribution in [2.45, 2.75) is 38.8 Å². The van der Waals surface area contributed by atoms with Crippen LogP contribution in [0.5, 0.6) is 0 Å². The molecule has 3 N–H and O–H groups in total. The predicted octanol–water partition coefficient (Wildman–Crippen LogP) is -0.539. The number of nitrogens with zero attached hydrogens (tertiary/aromatic N) is 1. The van der Waals surface area contributed by atoms with Gasteiger partial charge < -0.3 is 16.0 Å². The fraction of sp³-hybridized carbons (Fsp3) is 0.800. The molecule has 0 aliphatic heterocycles. The molecule has 0 aromatic rings. The van der Waals surface area contributed by atoms with Crippen molar-refractivity contribution in [2.75, 3.05) is 13.1 Å². The SMILES string of the molecule is CC(C)N(C(=O)CNC(=O)CN)C1CC1. The van der Waals surface area contributed by atoms with E-state index in [-0.39, 0.29) is 30.9 Å². The lowest BCUT2D eigenvalue weighted by Gasteiger charge is -2.26. The Morgan fingerprint density at radius 1 is 1.47 bits per heavy atom.